The maximum absolute atomic E-state index is 12.1. The van der Waals surface area contributed by atoms with Gasteiger partial charge in [0.05, 0.1) is 11.6 Å². The van der Waals surface area contributed by atoms with E-state index in [0.29, 0.717) is 5.56 Å². The summed E-state index contributed by atoms with van der Waals surface area (Å²) in [5.41, 5.74) is 1.29. The molecule has 0 aromatic heterocycles. The van der Waals surface area contributed by atoms with Gasteiger partial charge in [-0.1, -0.05) is 13.0 Å². The predicted octanol–water partition coefficient (Wildman–Crippen LogP) is 3.32. The maximum atomic E-state index is 12.1. The number of nitriles is 1. The van der Waals surface area contributed by atoms with E-state index in [1.807, 2.05) is 6.07 Å². The molecule has 1 fully saturated rings. The van der Waals surface area contributed by atoms with Crippen molar-refractivity contribution in [3.63, 3.8) is 0 Å². The molecule has 1 amide bonds. The Kier molecular flexibility index (Phi) is 3.99. The largest absolute Gasteiger partial charge is 0.326 e. The van der Waals surface area contributed by atoms with Crippen molar-refractivity contribution < 1.29 is 4.79 Å². The fraction of sp³-hybridized carbons (Fsp3) is 0.467. The zero-order valence-corrected chi connectivity index (χ0v) is 10.6. The molecular weight excluding hydrogens is 224 g/mol. The van der Waals surface area contributed by atoms with E-state index in [1.165, 1.54) is 0 Å². The van der Waals surface area contributed by atoms with E-state index in [9.17, 15) is 4.79 Å². The van der Waals surface area contributed by atoms with Gasteiger partial charge in [-0.25, -0.2) is 0 Å². The normalized spacial score (nSPS) is 23.1. The molecule has 3 nitrogen and oxygen atoms in total. The minimum atomic E-state index is 0.0944. The van der Waals surface area contributed by atoms with Gasteiger partial charge in [-0.3, -0.25) is 4.79 Å². The number of rotatable bonds is 2. The molecule has 1 aromatic rings. The summed E-state index contributed by atoms with van der Waals surface area (Å²) in [5.74, 6) is 0.972. The van der Waals surface area contributed by atoms with Gasteiger partial charge in [-0.05, 0) is 49.8 Å². The van der Waals surface area contributed by atoms with Crippen LogP contribution in [0.2, 0.25) is 0 Å². The van der Waals surface area contributed by atoms with Crippen molar-refractivity contribution in [3.8, 4) is 6.07 Å². The lowest BCUT2D eigenvalue weighted by molar-refractivity contribution is -0.121. The Morgan fingerprint density at radius 3 is 2.72 bits per heavy atom. The van der Waals surface area contributed by atoms with Gasteiger partial charge in [0.15, 0.2) is 0 Å². The Morgan fingerprint density at radius 1 is 1.33 bits per heavy atom. The summed E-state index contributed by atoms with van der Waals surface area (Å²) >= 11 is 0. The molecule has 0 bridgehead atoms. The molecule has 1 saturated carbocycles. The van der Waals surface area contributed by atoms with E-state index in [-0.39, 0.29) is 11.8 Å². The Labute approximate surface area is 108 Å². The second-order valence-corrected chi connectivity index (χ2v) is 5.14. The molecule has 0 spiro atoms. The minimum absolute atomic E-state index is 0.0944. The molecule has 0 aliphatic heterocycles. The van der Waals surface area contributed by atoms with Crippen molar-refractivity contribution in [1.82, 2.24) is 0 Å². The highest BCUT2D eigenvalue weighted by Gasteiger charge is 2.24. The maximum Gasteiger partial charge on any atom is 0.227 e. The van der Waals surface area contributed by atoms with Gasteiger partial charge in [0, 0.05) is 11.6 Å². The molecule has 1 aliphatic rings. The van der Waals surface area contributed by atoms with Crippen molar-refractivity contribution >= 4 is 11.6 Å². The van der Waals surface area contributed by atoms with E-state index >= 15 is 0 Å². The number of hydrogen-bond donors (Lipinski definition) is 1. The number of nitrogens with one attached hydrogen (secondary N) is 1. The topological polar surface area (TPSA) is 52.9 Å². The fourth-order valence-corrected chi connectivity index (χ4v) is 2.43. The van der Waals surface area contributed by atoms with Crippen LogP contribution < -0.4 is 5.32 Å². The highest BCUT2D eigenvalue weighted by Crippen LogP contribution is 2.29. The second kappa shape index (κ2) is 5.68. The molecule has 0 saturated heterocycles. The first kappa shape index (κ1) is 12.6. The van der Waals surface area contributed by atoms with Crippen LogP contribution in [0.4, 0.5) is 5.69 Å². The molecule has 94 valence electrons. The molecule has 1 N–H and O–H groups in total. The van der Waals surface area contributed by atoms with Gasteiger partial charge in [0.25, 0.3) is 0 Å². The van der Waals surface area contributed by atoms with E-state index in [1.54, 1.807) is 18.2 Å². The van der Waals surface area contributed by atoms with E-state index in [2.05, 4.69) is 18.3 Å². The third kappa shape index (κ3) is 3.10. The van der Waals surface area contributed by atoms with Crippen LogP contribution in [-0.2, 0) is 4.79 Å². The lowest BCUT2D eigenvalue weighted by atomic mass is 9.82. The zero-order chi connectivity index (χ0) is 13.0. The smallest absolute Gasteiger partial charge is 0.227 e. The van der Waals surface area contributed by atoms with Crippen LogP contribution in [0.1, 0.15) is 38.2 Å². The van der Waals surface area contributed by atoms with Gasteiger partial charge >= 0.3 is 0 Å². The zero-order valence-electron chi connectivity index (χ0n) is 10.6. The molecule has 18 heavy (non-hydrogen) atoms. The summed E-state index contributed by atoms with van der Waals surface area (Å²) in [4.78, 5) is 12.1. The first-order chi connectivity index (χ1) is 8.69. The van der Waals surface area contributed by atoms with Crippen LogP contribution in [0, 0.1) is 23.2 Å². The summed E-state index contributed by atoms with van der Waals surface area (Å²) in [6, 6.07) is 9.13. The van der Waals surface area contributed by atoms with E-state index in [0.717, 1.165) is 37.3 Å². The number of nitrogens with zero attached hydrogens (tertiary/aromatic N) is 1. The summed E-state index contributed by atoms with van der Waals surface area (Å²) in [7, 11) is 0. The average Bonchev–Trinajstić information content (AvgIpc) is 2.39. The third-order valence-corrected chi connectivity index (χ3v) is 3.65. The van der Waals surface area contributed by atoms with Crippen LogP contribution in [0.15, 0.2) is 24.3 Å². The molecule has 0 atom stereocenters. The van der Waals surface area contributed by atoms with Crippen molar-refractivity contribution in [1.29, 1.82) is 5.26 Å². The lowest BCUT2D eigenvalue weighted by Gasteiger charge is -2.25. The van der Waals surface area contributed by atoms with Crippen molar-refractivity contribution in [2.45, 2.75) is 32.6 Å². The minimum Gasteiger partial charge on any atom is -0.326 e. The number of anilines is 1. The van der Waals surface area contributed by atoms with Gasteiger partial charge in [-0.2, -0.15) is 5.26 Å². The summed E-state index contributed by atoms with van der Waals surface area (Å²) in [6.45, 7) is 2.24. The molecule has 0 unspecified atom stereocenters. The van der Waals surface area contributed by atoms with Crippen LogP contribution >= 0.6 is 0 Å². The molecule has 2 rings (SSSR count). The lowest BCUT2D eigenvalue weighted by Crippen LogP contribution is -2.26. The summed E-state index contributed by atoms with van der Waals surface area (Å²) in [5, 5.41) is 11.7. The van der Waals surface area contributed by atoms with Crippen molar-refractivity contribution in [2.24, 2.45) is 11.8 Å². The third-order valence-electron chi connectivity index (χ3n) is 3.65. The van der Waals surface area contributed by atoms with Gasteiger partial charge in [0.1, 0.15) is 0 Å². The fourth-order valence-electron chi connectivity index (χ4n) is 2.43. The molecule has 0 heterocycles. The standard InChI is InChI=1S/C15H18N2O/c1-11-5-7-13(8-6-11)15(18)17-14-4-2-3-12(9-14)10-16/h2-4,9,11,13H,5-8H2,1H3,(H,17,18). The number of benzene rings is 1. The Bertz CT molecular complexity index is 468. The highest BCUT2D eigenvalue weighted by atomic mass is 16.1. The highest BCUT2D eigenvalue weighted by molar-refractivity contribution is 5.92. The molecule has 0 radical (unpaired) electrons. The van der Waals surface area contributed by atoms with Crippen molar-refractivity contribution in [2.75, 3.05) is 5.32 Å². The SMILES string of the molecule is CC1CCC(C(=O)Nc2cccc(C#N)c2)CC1. The van der Waals surface area contributed by atoms with Gasteiger partial charge < -0.3 is 5.32 Å². The summed E-state index contributed by atoms with van der Waals surface area (Å²) in [6.07, 6.45) is 4.22. The first-order valence-electron chi connectivity index (χ1n) is 6.50. The first-order valence-corrected chi connectivity index (χ1v) is 6.50. The number of hydrogen-bond acceptors (Lipinski definition) is 2. The molecule has 3 heteroatoms. The molecule has 1 aliphatic carbocycles. The summed E-state index contributed by atoms with van der Waals surface area (Å²) < 4.78 is 0. The number of carbonyl (C=O) groups is 1. The van der Waals surface area contributed by atoms with Gasteiger partial charge in [0.2, 0.25) is 5.91 Å². The van der Waals surface area contributed by atoms with Crippen LogP contribution in [0.3, 0.4) is 0 Å². The van der Waals surface area contributed by atoms with Gasteiger partial charge in [-0.15, -0.1) is 0 Å². The number of amides is 1. The Balaban J connectivity index is 1.96. The Morgan fingerprint density at radius 2 is 2.06 bits per heavy atom. The molecular formula is C15H18N2O. The average molecular weight is 242 g/mol. The molecule has 1 aromatic carbocycles. The van der Waals surface area contributed by atoms with Crippen LogP contribution in [0.25, 0.3) is 0 Å². The van der Waals surface area contributed by atoms with Crippen LogP contribution in [-0.4, -0.2) is 5.91 Å². The van der Waals surface area contributed by atoms with Crippen LogP contribution in [0.5, 0.6) is 0 Å². The van der Waals surface area contributed by atoms with Crippen molar-refractivity contribution in [3.05, 3.63) is 29.8 Å². The predicted molar refractivity (Wildman–Crippen MR) is 70.9 cm³/mol. The monoisotopic (exact) mass is 242 g/mol. The second-order valence-electron chi connectivity index (χ2n) is 5.14. The Hall–Kier alpha value is -1.82. The quantitative estimate of drug-likeness (QED) is 0.864. The van der Waals surface area contributed by atoms with E-state index < -0.39 is 0 Å². The number of carbonyl (C=O) groups excluding carboxylic acids is 1. The van der Waals surface area contributed by atoms with E-state index in [4.69, 9.17) is 5.26 Å².